The number of carbonyl (C=O) groups is 2. The highest BCUT2D eigenvalue weighted by Gasteiger charge is 2.29. The number of benzene rings is 1. The first-order chi connectivity index (χ1) is 19.7. The van der Waals surface area contributed by atoms with E-state index >= 15 is 0 Å². The lowest BCUT2D eigenvalue weighted by molar-refractivity contribution is -0.155. The first kappa shape index (κ1) is 30.9. The molecule has 1 aliphatic carbocycles. The number of amides is 1. The zero-order chi connectivity index (χ0) is 29.4. The van der Waals surface area contributed by atoms with Gasteiger partial charge in [0.1, 0.15) is 17.1 Å². The van der Waals surface area contributed by atoms with Crippen LogP contribution in [-0.4, -0.2) is 72.1 Å². The van der Waals surface area contributed by atoms with Crippen molar-refractivity contribution in [3.05, 3.63) is 30.0 Å². The number of hydrogen-bond donors (Lipinski definition) is 1. The van der Waals surface area contributed by atoms with Crippen LogP contribution in [0.15, 0.2) is 24.3 Å². The number of methoxy groups -OCH3 is 2. The van der Waals surface area contributed by atoms with Crippen molar-refractivity contribution >= 4 is 11.9 Å². The Kier molecular flexibility index (Phi) is 10.7. The zero-order valence-corrected chi connectivity index (χ0v) is 25.5. The maximum absolute atomic E-state index is 13.7. The summed E-state index contributed by atoms with van der Waals surface area (Å²) in [5.74, 6) is 0.724. The van der Waals surface area contributed by atoms with Gasteiger partial charge < -0.3 is 24.4 Å². The molecule has 2 fully saturated rings. The van der Waals surface area contributed by atoms with Gasteiger partial charge in [0.15, 0.2) is 5.69 Å². The molecule has 1 N–H and O–H groups in total. The average Bonchev–Trinajstić information content (AvgIpc) is 3.55. The van der Waals surface area contributed by atoms with Crippen LogP contribution in [0.25, 0.3) is 11.3 Å². The van der Waals surface area contributed by atoms with Crippen molar-refractivity contribution < 1.29 is 23.8 Å². The second-order valence-corrected chi connectivity index (χ2v) is 12.3. The molecule has 1 atom stereocenters. The number of rotatable bonds is 11. The van der Waals surface area contributed by atoms with Crippen molar-refractivity contribution in [2.75, 3.05) is 33.9 Å². The molecule has 226 valence electrons. The Hall–Kier alpha value is -3.07. The van der Waals surface area contributed by atoms with Crippen molar-refractivity contribution in [1.82, 2.24) is 20.0 Å². The van der Waals surface area contributed by atoms with Gasteiger partial charge in [-0.1, -0.05) is 31.7 Å². The largest absolute Gasteiger partial charge is 0.496 e. The number of hydrogen-bond acceptors (Lipinski definition) is 7. The minimum absolute atomic E-state index is 0.118. The second-order valence-electron chi connectivity index (χ2n) is 12.3. The van der Waals surface area contributed by atoms with Crippen molar-refractivity contribution in [2.24, 2.45) is 0 Å². The fraction of sp³-hybridized carbons (Fsp3) is 0.656. The maximum Gasteiger partial charge on any atom is 0.308 e. The Balaban J connectivity index is 1.59. The first-order valence-electron chi connectivity index (χ1n) is 15.2. The highest BCUT2D eigenvalue weighted by atomic mass is 16.6. The fourth-order valence-electron chi connectivity index (χ4n) is 5.99. The van der Waals surface area contributed by atoms with E-state index in [4.69, 9.17) is 19.3 Å². The van der Waals surface area contributed by atoms with E-state index in [2.05, 4.69) is 10.2 Å². The van der Waals surface area contributed by atoms with Gasteiger partial charge in [-0.05, 0) is 84.2 Å². The van der Waals surface area contributed by atoms with Crippen LogP contribution in [0, 0.1) is 0 Å². The Morgan fingerprint density at radius 3 is 2.22 bits per heavy atom. The normalized spacial score (nSPS) is 17.6. The van der Waals surface area contributed by atoms with Crippen molar-refractivity contribution in [2.45, 2.75) is 103 Å². The predicted molar refractivity (Wildman–Crippen MR) is 160 cm³/mol. The molecular weight excluding hydrogens is 520 g/mol. The molecule has 1 aromatic heterocycles. The molecule has 1 aliphatic heterocycles. The van der Waals surface area contributed by atoms with E-state index in [0.29, 0.717) is 23.6 Å². The number of likely N-dealkylation sites (tertiary alicyclic amines) is 1. The fourth-order valence-corrected chi connectivity index (χ4v) is 5.99. The molecule has 1 saturated carbocycles. The average molecular weight is 569 g/mol. The summed E-state index contributed by atoms with van der Waals surface area (Å²) < 4.78 is 19.0. The van der Waals surface area contributed by atoms with Crippen LogP contribution in [0.2, 0.25) is 0 Å². The van der Waals surface area contributed by atoms with Crippen LogP contribution in [-0.2, 0) is 9.53 Å². The van der Waals surface area contributed by atoms with Gasteiger partial charge >= 0.3 is 5.97 Å². The molecule has 2 aliphatic rings. The first-order valence-corrected chi connectivity index (χ1v) is 15.2. The molecular formula is C32H48N4O5. The number of carbonyl (C=O) groups excluding carboxylic acids is 2. The van der Waals surface area contributed by atoms with Crippen LogP contribution in [0.3, 0.4) is 0 Å². The van der Waals surface area contributed by atoms with E-state index in [9.17, 15) is 9.59 Å². The summed E-state index contributed by atoms with van der Waals surface area (Å²) in [7, 11) is 3.27. The minimum atomic E-state index is -0.584. The monoisotopic (exact) mass is 568 g/mol. The molecule has 0 spiro atoms. The van der Waals surface area contributed by atoms with Gasteiger partial charge in [0, 0.05) is 12.6 Å². The van der Waals surface area contributed by atoms with E-state index in [-0.39, 0.29) is 30.4 Å². The lowest BCUT2D eigenvalue weighted by atomic mass is 10.1. The summed E-state index contributed by atoms with van der Waals surface area (Å²) in [4.78, 5) is 29.0. The van der Waals surface area contributed by atoms with Gasteiger partial charge in [-0.25, -0.2) is 0 Å². The zero-order valence-electron chi connectivity index (χ0n) is 25.5. The Morgan fingerprint density at radius 1 is 1.00 bits per heavy atom. The molecule has 1 amide bonds. The summed E-state index contributed by atoms with van der Waals surface area (Å²) in [5.41, 5.74) is 1.31. The van der Waals surface area contributed by atoms with Crippen molar-refractivity contribution in [3.63, 3.8) is 0 Å². The molecule has 0 radical (unpaired) electrons. The van der Waals surface area contributed by atoms with E-state index in [1.54, 1.807) is 14.2 Å². The van der Waals surface area contributed by atoms with Crippen molar-refractivity contribution in [1.29, 1.82) is 0 Å². The van der Waals surface area contributed by atoms with Gasteiger partial charge in [-0.2, -0.15) is 5.10 Å². The Labute approximate surface area is 244 Å². The maximum atomic E-state index is 13.7. The molecule has 4 rings (SSSR count). The lowest BCUT2D eigenvalue weighted by Crippen LogP contribution is -2.41. The quantitative estimate of drug-likeness (QED) is 0.344. The van der Waals surface area contributed by atoms with Gasteiger partial charge in [-0.15, -0.1) is 0 Å². The molecule has 9 nitrogen and oxygen atoms in total. The van der Waals surface area contributed by atoms with Crippen molar-refractivity contribution in [3.8, 4) is 22.8 Å². The minimum Gasteiger partial charge on any atom is -0.496 e. The van der Waals surface area contributed by atoms with Gasteiger partial charge in [0.05, 0.1) is 37.9 Å². The summed E-state index contributed by atoms with van der Waals surface area (Å²) in [5, 5.41) is 7.98. The van der Waals surface area contributed by atoms with Gasteiger partial charge in [0.2, 0.25) is 0 Å². The number of esters is 1. The summed E-state index contributed by atoms with van der Waals surface area (Å²) in [6, 6.07) is 7.33. The van der Waals surface area contributed by atoms with Gasteiger partial charge in [-0.3, -0.25) is 14.3 Å². The standard InChI is InChI=1S/C32H48N4O5/c1-32(2,3)41-29(37)21-23(17-20-35-18-10-6-7-11-19-35)33-31(38)25-22-26(36(34-25)24-13-8-9-14-24)30-27(39-4)15-12-16-28(30)40-5/h12,15-16,22-24H,6-11,13-14,17-21H2,1-5H3,(H,33,38)/t23-/m0/s1. The number of nitrogens with one attached hydrogen (secondary N) is 1. The molecule has 41 heavy (non-hydrogen) atoms. The Morgan fingerprint density at radius 2 is 1.63 bits per heavy atom. The third kappa shape index (κ3) is 8.47. The number of aromatic nitrogens is 2. The predicted octanol–water partition coefficient (Wildman–Crippen LogP) is 5.78. The summed E-state index contributed by atoms with van der Waals surface area (Å²) in [6.07, 6.45) is 9.96. The molecule has 1 aromatic carbocycles. The molecule has 2 aromatic rings. The van der Waals surface area contributed by atoms with E-state index < -0.39 is 5.60 Å². The summed E-state index contributed by atoms with van der Waals surface area (Å²) >= 11 is 0. The third-order valence-electron chi connectivity index (χ3n) is 7.98. The lowest BCUT2D eigenvalue weighted by Gasteiger charge is -2.25. The third-order valence-corrected chi connectivity index (χ3v) is 7.98. The van der Waals surface area contributed by atoms with E-state index in [1.165, 1.54) is 25.7 Å². The van der Waals surface area contributed by atoms with Crippen LogP contribution in [0.4, 0.5) is 0 Å². The smallest absolute Gasteiger partial charge is 0.308 e. The van der Waals surface area contributed by atoms with Crippen LogP contribution < -0.4 is 14.8 Å². The van der Waals surface area contributed by atoms with E-state index in [1.807, 2.05) is 49.7 Å². The van der Waals surface area contributed by atoms with Crippen LogP contribution in [0.1, 0.15) is 102 Å². The SMILES string of the molecule is COc1cccc(OC)c1-c1cc(C(=O)N[C@@H](CCN2CCCCCC2)CC(=O)OC(C)(C)C)nn1C1CCCC1. The van der Waals surface area contributed by atoms with Crippen LogP contribution in [0.5, 0.6) is 11.5 Å². The highest BCUT2D eigenvalue weighted by Crippen LogP contribution is 2.41. The molecule has 2 heterocycles. The second kappa shape index (κ2) is 14.2. The highest BCUT2D eigenvalue weighted by molar-refractivity contribution is 5.94. The molecule has 1 saturated heterocycles. The number of ether oxygens (including phenoxy) is 3. The van der Waals surface area contributed by atoms with E-state index in [0.717, 1.165) is 56.6 Å². The van der Waals surface area contributed by atoms with Gasteiger partial charge in [0.25, 0.3) is 5.91 Å². The summed E-state index contributed by atoms with van der Waals surface area (Å²) in [6.45, 7) is 8.52. The van der Waals surface area contributed by atoms with Crippen LogP contribution >= 0.6 is 0 Å². The molecule has 0 unspecified atom stereocenters. The number of nitrogens with zero attached hydrogens (tertiary/aromatic N) is 3. The molecule has 0 bridgehead atoms. The Bertz CT molecular complexity index is 1140. The molecule has 9 heteroatoms. The topological polar surface area (TPSA) is 94.9 Å².